The monoisotopic (exact) mass is 369 g/mol. The van der Waals surface area contributed by atoms with E-state index >= 15 is 0 Å². The van der Waals surface area contributed by atoms with Crippen molar-refractivity contribution in [2.24, 2.45) is 0 Å². The molecule has 1 aromatic carbocycles. The summed E-state index contributed by atoms with van der Waals surface area (Å²) in [7, 11) is 0. The van der Waals surface area contributed by atoms with Crippen LogP contribution in [0.2, 0.25) is 0 Å². The van der Waals surface area contributed by atoms with Gasteiger partial charge in [0.2, 0.25) is 0 Å². The average Bonchev–Trinajstić information content (AvgIpc) is 2.73. The van der Waals surface area contributed by atoms with Crippen molar-refractivity contribution in [1.82, 2.24) is 15.5 Å². The molecule has 2 saturated heterocycles. The number of nitrogens with zero attached hydrogens (tertiary/aromatic N) is 1. The smallest absolute Gasteiger partial charge is 0.322 e. The van der Waals surface area contributed by atoms with Crippen molar-refractivity contribution in [3.63, 3.8) is 0 Å². The molecule has 2 N–H and O–H groups in total. The van der Waals surface area contributed by atoms with Crippen LogP contribution >= 0.6 is 15.9 Å². The van der Waals surface area contributed by atoms with Crippen LogP contribution in [0.1, 0.15) is 23.2 Å². The molecule has 0 saturated carbocycles. The molecule has 1 spiro atoms. The van der Waals surface area contributed by atoms with Crippen molar-refractivity contribution in [3.05, 3.63) is 34.1 Å². The maximum atomic E-state index is 13.1. The van der Waals surface area contributed by atoms with Gasteiger partial charge in [-0.25, -0.2) is 9.18 Å². The van der Waals surface area contributed by atoms with Gasteiger partial charge in [0.25, 0.3) is 11.8 Å². The summed E-state index contributed by atoms with van der Waals surface area (Å²) in [5.74, 6) is -0.995. The van der Waals surface area contributed by atoms with E-state index in [4.69, 9.17) is 0 Å². The Morgan fingerprint density at radius 1 is 1.27 bits per heavy atom. The normalized spacial score (nSPS) is 20.0. The number of likely N-dealkylation sites (tertiary alicyclic amines) is 1. The van der Waals surface area contributed by atoms with Crippen LogP contribution in [0.5, 0.6) is 0 Å². The molecule has 0 aromatic heterocycles. The van der Waals surface area contributed by atoms with Crippen molar-refractivity contribution >= 4 is 33.8 Å². The lowest BCUT2D eigenvalue weighted by atomic mass is 9.87. The zero-order chi connectivity index (χ0) is 15.9. The van der Waals surface area contributed by atoms with Crippen LogP contribution in [-0.2, 0) is 4.79 Å². The van der Waals surface area contributed by atoms with E-state index in [1.807, 2.05) is 0 Å². The highest BCUT2D eigenvalue weighted by Gasteiger charge is 2.48. The molecule has 2 aliphatic heterocycles. The second-order valence-electron chi connectivity index (χ2n) is 5.41. The number of hydrogen-bond donors (Lipinski definition) is 2. The highest BCUT2D eigenvalue weighted by Crippen LogP contribution is 2.27. The van der Waals surface area contributed by atoms with Crippen LogP contribution in [0.4, 0.5) is 9.18 Å². The number of halogens is 2. The summed E-state index contributed by atoms with van der Waals surface area (Å²) in [5.41, 5.74) is -0.536. The van der Waals surface area contributed by atoms with E-state index in [1.165, 1.54) is 18.2 Å². The number of amides is 4. The number of carbonyl (C=O) groups excluding carboxylic acids is 3. The number of urea groups is 1. The minimum atomic E-state index is -0.909. The lowest BCUT2D eigenvalue weighted by molar-refractivity contribution is -0.125. The first-order chi connectivity index (χ1) is 10.4. The van der Waals surface area contributed by atoms with Crippen LogP contribution in [0.15, 0.2) is 22.7 Å². The maximum Gasteiger partial charge on any atom is 0.322 e. The molecule has 0 aliphatic carbocycles. The van der Waals surface area contributed by atoms with Crippen LogP contribution < -0.4 is 10.6 Å². The molecule has 4 amide bonds. The number of nitrogens with one attached hydrogen (secondary N) is 2. The Hall–Kier alpha value is -1.96. The SMILES string of the molecule is O=C1NC(=O)C2(CCN(C(=O)c3ccc(F)cc3Br)CC2)N1. The standard InChI is InChI=1S/C14H13BrFN3O3/c15-10-7-8(16)1-2-9(10)11(20)19-5-3-14(4-6-19)12(21)17-13(22)18-14/h1-2,7H,3-6H2,(H2,17,18,21,22). The van der Waals surface area contributed by atoms with Crippen molar-refractivity contribution in [2.45, 2.75) is 18.4 Å². The van der Waals surface area contributed by atoms with Gasteiger partial charge in [-0.15, -0.1) is 0 Å². The van der Waals surface area contributed by atoms with Gasteiger partial charge in [0.15, 0.2) is 0 Å². The predicted molar refractivity (Wildman–Crippen MR) is 78.6 cm³/mol. The van der Waals surface area contributed by atoms with Crippen LogP contribution in [0.25, 0.3) is 0 Å². The predicted octanol–water partition coefficient (Wildman–Crippen LogP) is 1.40. The minimum absolute atomic E-state index is 0.230. The number of rotatable bonds is 1. The van der Waals surface area contributed by atoms with E-state index in [0.29, 0.717) is 36.0 Å². The Morgan fingerprint density at radius 2 is 1.95 bits per heavy atom. The van der Waals surface area contributed by atoms with Crippen LogP contribution in [-0.4, -0.2) is 41.4 Å². The van der Waals surface area contributed by atoms with Crippen LogP contribution in [0, 0.1) is 5.82 Å². The first-order valence-corrected chi connectivity index (χ1v) is 7.58. The van der Waals surface area contributed by atoms with E-state index in [2.05, 4.69) is 26.6 Å². The van der Waals surface area contributed by atoms with E-state index in [0.717, 1.165) is 0 Å². The summed E-state index contributed by atoms with van der Waals surface area (Å²) >= 11 is 3.18. The third kappa shape index (κ3) is 2.47. The number of piperidine rings is 1. The number of imide groups is 1. The summed E-state index contributed by atoms with van der Waals surface area (Å²) in [6.45, 7) is 0.687. The highest BCUT2D eigenvalue weighted by molar-refractivity contribution is 9.10. The van der Waals surface area contributed by atoms with Gasteiger partial charge in [0.1, 0.15) is 11.4 Å². The topological polar surface area (TPSA) is 78.5 Å². The number of hydrogen-bond acceptors (Lipinski definition) is 3. The molecule has 3 rings (SSSR count). The fraction of sp³-hybridized carbons (Fsp3) is 0.357. The second kappa shape index (κ2) is 5.35. The summed E-state index contributed by atoms with van der Waals surface area (Å²) < 4.78 is 13.5. The molecule has 2 fully saturated rings. The second-order valence-corrected chi connectivity index (χ2v) is 6.26. The summed E-state index contributed by atoms with van der Waals surface area (Å²) in [4.78, 5) is 37.2. The third-order valence-corrected chi connectivity index (χ3v) is 4.74. The molecule has 22 heavy (non-hydrogen) atoms. The highest BCUT2D eigenvalue weighted by atomic mass is 79.9. The Kier molecular flexibility index (Phi) is 3.64. The fourth-order valence-corrected chi connectivity index (χ4v) is 3.33. The largest absolute Gasteiger partial charge is 0.338 e. The molecule has 6 nitrogen and oxygen atoms in total. The molecule has 8 heteroatoms. The molecule has 0 bridgehead atoms. The number of benzene rings is 1. The van der Waals surface area contributed by atoms with E-state index < -0.39 is 17.4 Å². The number of carbonyl (C=O) groups is 3. The first kappa shape index (κ1) is 15.0. The molecular formula is C14H13BrFN3O3. The fourth-order valence-electron chi connectivity index (χ4n) is 2.80. The maximum absolute atomic E-state index is 13.1. The zero-order valence-electron chi connectivity index (χ0n) is 11.5. The Balaban J connectivity index is 1.72. The average molecular weight is 370 g/mol. The molecule has 2 heterocycles. The molecule has 0 atom stereocenters. The van der Waals surface area contributed by atoms with Gasteiger partial charge in [0, 0.05) is 17.6 Å². The van der Waals surface area contributed by atoms with Crippen molar-refractivity contribution in [2.75, 3.05) is 13.1 Å². The first-order valence-electron chi connectivity index (χ1n) is 6.79. The minimum Gasteiger partial charge on any atom is -0.338 e. The molecule has 0 unspecified atom stereocenters. The summed E-state index contributed by atoms with van der Waals surface area (Å²) in [6.07, 6.45) is 0.713. The molecule has 1 aromatic rings. The molecular weight excluding hydrogens is 357 g/mol. The summed E-state index contributed by atoms with van der Waals surface area (Å²) in [6, 6.07) is 3.40. The van der Waals surface area contributed by atoms with Gasteiger partial charge in [-0.3, -0.25) is 14.9 Å². The lowest BCUT2D eigenvalue weighted by Gasteiger charge is -2.37. The zero-order valence-corrected chi connectivity index (χ0v) is 13.1. The summed E-state index contributed by atoms with van der Waals surface area (Å²) in [5, 5.41) is 4.87. The van der Waals surface area contributed by atoms with Gasteiger partial charge < -0.3 is 10.2 Å². The molecule has 0 radical (unpaired) electrons. The third-order valence-electron chi connectivity index (χ3n) is 4.08. The Bertz CT molecular complexity index is 671. The van der Waals surface area contributed by atoms with Crippen LogP contribution in [0.3, 0.4) is 0 Å². The van der Waals surface area contributed by atoms with E-state index in [9.17, 15) is 18.8 Å². The van der Waals surface area contributed by atoms with Gasteiger partial charge >= 0.3 is 6.03 Å². The molecule has 116 valence electrons. The van der Waals surface area contributed by atoms with E-state index in [1.54, 1.807) is 4.90 Å². The van der Waals surface area contributed by atoms with Gasteiger partial charge in [-0.2, -0.15) is 0 Å². The Morgan fingerprint density at radius 3 is 2.50 bits per heavy atom. The van der Waals surface area contributed by atoms with E-state index in [-0.39, 0.29) is 11.8 Å². The molecule has 2 aliphatic rings. The lowest BCUT2D eigenvalue weighted by Crippen LogP contribution is -2.55. The van der Waals surface area contributed by atoms with Gasteiger partial charge in [0.05, 0.1) is 5.56 Å². The van der Waals surface area contributed by atoms with Crippen molar-refractivity contribution in [1.29, 1.82) is 0 Å². The Labute approximate surface area is 134 Å². The van der Waals surface area contributed by atoms with Gasteiger partial charge in [-0.1, -0.05) is 0 Å². The quantitative estimate of drug-likeness (QED) is 0.734. The van der Waals surface area contributed by atoms with Gasteiger partial charge in [-0.05, 0) is 47.0 Å². The van der Waals surface area contributed by atoms with Crippen molar-refractivity contribution in [3.8, 4) is 0 Å². The van der Waals surface area contributed by atoms with Crippen molar-refractivity contribution < 1.29 is 18.8 Å².